The van der Waals surface area contributed by atoms with Gasteiger partial charge in [0.1, 0.15) is 0 Å². The number of carbonyl (C=O) groups excluding carboxylic acids is 3. The Labute approximate surface area is 153 Å². The van der Waals surface area contributed by atoms with E-state index in [-0.39, 0.29) is 17.7 Å². The molecule has 2 aliphatic heterocycles. The van der Waals surface area contributed by atoms with Gasteiger partial charge >= 0.3 is 0 Å². The largest absolute Gasteiger partial charge is 0.325 e. The molecule has 3 amide bonds. The van der Waals surface area contributed by atoms with Gasteiger partial charge in [-0.15, -0.1) is 0 Å². The van der Waals surface area contributed by atoms with E-state index in [2.05, 4.69) is 17.3 Å². The van der Waals surface area contributed by atoms with Crippen molar-refractivity contribution in [3.05, 3.63) is 29.3 Å². The predicted molar refractivity (Wildman–Crippen MR) is 99.2 cm³/mol. The van der Waals surface area contributed by atoms with Gasteiger partial charge in [0.15, 0.2) is 0 Å². The molecule has 7 nitrogen and oxygen atoms in total. The van der Waals surface area contributed by atoms with Crippen molar-refractivity contribution in [2.45, 2.75) is 12.8 Å². The Morgan fingerprint density at radius 3 is 2.69 bits per heavy atom. The maximum Gasteiger partial charge on any atom is 0.261 e. The molecular weight excluding hydrogens is 332 g/mol. The number of nitrogens with zero attached hydrogens (tertiary/aromatic N) is 3. The molecule has 1 aromatic carbocycles. The average Bonchev–Trinajstić information content (AvgIpc) is 2.79. The third-order valence-corrected chi connectivity index (χ3v) is 5.08. The number of hydrogen-bond donors (Lipinski definition) is 1. The van der Waals surface area contributed by atoms with E-state index in [1.54, 1.807) is 18.2 Å². The van der Waals surface area contributed by atoms with E-state index in [4.69, 9.17) is 0 Å². The molecule has 2 heterocycles. The minimum atomic E-state index is -0.334. The lowest BCUT2D eigenvalue weighted by atomic mass is 9.98. The first kappa shape index (κ1) is 18.5. The number of piperidine rings is 1. The molecule has 1 unspecified atom stereocenters. The Bertz CT molecular complexity index is 733. The van der Waals surface area contributed by atoms with Crippen LogP contribution in [-0.4, -0.2) is 79.7 Å². The zero-order valence-electron chi connectivity index (χ0n) is 15.6. The van der Waals surface area contributed by atoms with Crippen LogP contribution in [0.4, 0.5) is 5.69 Å². The van der Waals surface area contributed by atoms with Crippen molar-refractivity contribution in [2.75, 3.05) is 52.6 Å². The molecule has 0 saturated carbocycles. The number of anilines is 1. The maximum atomic E-state index is 12.3. The fraction of sp³-hybridized carbons (Fsp3) is 0.526. The molecule has 1 atom stereocenters. The highest BCUT2D eigenvalue weighted by Crippen LogP contribution is 2.24. The lowest BCUT2D eigenvalue weighted by molar-refractivity contribution is -0.117. The molecule has 0 aliphatic carbocycles. The number of amides is 3. The Balaban J connectivity index is 1.55. The van der Waals surface area contributed by atoms with E-state index in [0.29, 0.717) is 29.3 Å². The van der Waals surface area contributed by atoms with Gasteiger partial charge in [0.05, 0.1) is 17.7 Å². The van der Waals surface area contributed by atoms with Crippen LogP contribution in [0.2, 0.25) is 0 Å². The van der Waals surface area contributed by atoms with Gasteiger partial charge in [0.2, 0.25) is 5.91 Å². The third kappa shape index (κ3) is 3.94. The standard InChI is InChI=1S/C19H26N4O3/c1-21-8-4-5-13(10-21)11-22(2)12-17(24)20-14-6-7-15-16(9-14)19(26)23(3)18(15)25/h6-7,9,13H,4-5,8,10-12H2,1-3H3,(H,20,24). The zero-order valence-corrected chi connectivity index (χ0v) is 15.6. The molecule has 1 N–H and O–H groups in total. The monoisotopic (exact) mass is 358 g/mol. The highest BCUT2D eigenvalue weighted by Gasteiger charge is 2.32. The molecule has 0 spiro atoms. The van der Waals surface area contributed by atoms with Crippen LogP contribution in [0.5, 0.6) is 0 Å². The first-order valence-electron chi connectivity index (χ1n) is 8.98. The van der Waals surface area contributed by atoms with Crippen LogP contribution in [-0.2, 0) is 4.79 Å². The van der Waals surface area contributed by atoms with Crippen molar-refractivity contribution in [2.24, 2.45) is 5.92 Å². The predicted octanol–water partition coefficient (Wildman–Crippen LogP) is 1.12. The van der Waals surface area contributed by atoms with E-state index in [9.17, 15) is 14.4 Å². The second-order valence-corrected chi connectivity index (χ2v) is 7.45. The summed E-state index contributed by atoms with van der Waals surface area (Å²) >= 11 is 0. The SMILES string of the molecule is CN1CCCC(CN(C)CC(=O)Nc2ccc3c(c2)C(=O)N(C)C3=O)C1. The van der Waals surface area contributed by atoms with Crippen LogP contribution < -0.4 is 5.32 Å². The summed E-state index contributed by atoms with van der Waals surface area (Å²) in [4.78, 5) is 41.7. The Morgan fingerprint density at radius 2 is 1.96 bits per heavy atom. The van der Waals surface area contributed by atoms with E-state index >= 15 is 0 Å². The summed E-state index contributed by atoms with van der Waals surface area (Å²) in [5.41, 5.74) is 1.26. The minimum Gasteiger partial charge on any atom is -0.325 e. The van der Waals surface area contributed by atoms with Crippen LogP contribution in [0.3, 0.4) is 0 Å². The van der Waals surface area contributed by atoms with E-state index in [1.165, 1.54) is 19.9 Å². The zero-order chi connectivity index (χ0) is 18.8. The van der Waals surface area contributed by atoms with Gasteiger partial charge < -0.3 is 10.2 Å². The molecular formula is C19H26N4O3. The van der Waals surface area contributed by atoms with Crippen molar-refractivity contribution in [1.29, 1.82) is 0 Å². The molecule has 1 aromatic rings. The molecule has 0 radical (unpaired) electrons. The lowest BCUT2D eigenvalue weighted by Gasteiger charge is -2.32. The number of nitrogens with one attached hydrogen (secondary N) is 1. The van der Waals surface area contributed by atoms with Gasteiger partial charge in [-0.25, -0.2) is 0 Å². The summed E-state index contributed by atoms with van der Waals surface area (Å²) in [7, 11) is 5.55. The van der Waals surface area contributed by atoms with Crippen molar-refractivity contribution in [3.8, 4) is 0 Å². The fourth-order valence-corrected chi connectivity index (χ4v) is 3.81. The quantitative estimate of drug-likeness (QED) is 0.799. The maximum absolute atomic E-state index is 12.3. The molecule has 2 aliphatic rings. The van der Waals surface area contributed by atoms with Crippen LogP contribution in [0.25, 0.3) is 0 Å². The minimum absolute atomic E-state index is 0.123. The summed E-state index contributed by atoms with van der Waals surface area (Å²) in [5.74, 6) is -0.174. The van der Waals surface area contributed by atoms with Crippen LogP contribution in [0.15, 0.2) is 18.2 Å². The van der Waals surface area contributed by atoms with E-state index < -0.39 is 0 Å². The lowest BCUT2D eigenvalue weighted by Crippen LogP contribution is -2.40. The molecule has 140 valence electrons. The average molecular weight is 358 g/mol. The van der Waals surface area contributed by atoms with Crippen molar-refractivity contribution in [3.63, 3.8) is 0 Å². The highest BCUT2D eigenvalue weighted by molar-refractivity contribution is 6.21. The van der Waals surface area contributed by atoms with Crippen molar-refractivity contribution < 1.29 is 14.4 Å². The van der Waals surface area contributed by atoms with Crippen molar-refractivity contribution in [1.82, 2.24) is 14.7 Å². The number of imide groups is 1. The second-order valence-electron chi connectivity index (χ2n) is 7.45. The molecule has 3 rings (SSSR count). The number of rotatable bonds is 5. The Morgan fingerprint density at radius 1 is 1.23 bits per heavy atom. The number of hydrogen-bond acceptors (Lipinski definition) is 5. The number of carbonyl (C=O) groups is 3. The van der Waals surface area contributed by atoms with Crippen molar-refractivity contribution >= 4 is 23.4 Å². The molecule has 0 aromatic heterocycles. The van der Waals surface area contributed by atoms with Gasteiger partial charge in [-0.2, -0.15) is 0 Å². The highest BCUT2D eigenvalue weighted by atomic mass is 16.2. The Hall–Kier alpha value is -2.25. The molecule has 0 bridgehead atoms. The number of benzene rings is 1. The summed E-state index contributed by atoms with van der Waals surface area (Å²) in [5, 5.41) is 2.83. The number of fused-ring (bicyclic) bond motifs is 1. The van der Waals surface area contributed by atoms with Gasteiger partial charge in [0.25, 0.3) is 11.8 Å². The van der Waals surface area contributed by atoms with Gasteiger partial charge in [-0.05, 0) is 57.6 Å². The first-order chi connectivity index (χ1) is 12.3. The molecule has 1 fully saturated rings. The van der Waals surface area contributed by atoms with E-state index in [0.717, 1.165) is 24.5 Å². The summed E-state index contributed by atoms with van der Waals surface area (Å²) in [6, 6.07) is 4.83. The summed E-state index contributed by atoms with van der Waals surface area (Å²) < 4.78 is 0. The Kier molecular flexibility index (Phi) is 5.38. The molecule has 26 heavy (non-hydrogen) atoms. The normalized spacial score (nSPS) is 20.6. The van der Waals surface area contributed by atoms with Crippen LogP contribution in [0.1, 0.15) is 33.6 Å². The molecule has 7 heteroatoms. The third-order valence-electron chi connectivity index (χ3n) is 5.08. The summed E-state index contributed by atoms with van der Waals surface area (Å²) in [6.07, 6.45) is 2.41. The van der Waals surface area contributed by atoms with Gasteiger partial charge in [0, 0.05) is 25.8 Å². The van der Waals surface area contributed by atoms with Crippen LogP contribution in [0, 0.1) is 5.92 Å². The second kappa shape index (κ2) is 7.55. The first-order valence-corrected chi connectivity index (χ1v) is 8.98. The van der Waals surface area contributed by atoms with Crippen LogP contribution >= 0.6 is 0 Å². The van der Waals surface area contributed by atoms with Gasteiger partial charge in [-0.1, -0.05) is 0 Å². The summed E-state index contributed by atoms with van der Waals surface area (Å²) in [6.45, 7) is 3.40. The molecule has 1 saturated heterocycles. The fourth-order valence-electron chi connectivity index (χ4n) is 3.81. The van der Waals surface area contributed by atoms with E-state index in [1.807, 2.05) is 11.9 Å². The smallest absolute Gasteiger partial charge is 0.261 e. The van der Waals surface area contributed by atoms with Gasteiger partial charge in [-0.3, -0.25) is 24.2 Å². The number of likely N-dealkylation sites (N-methyl/N-ethyl adjacent to an activating group) is 1. The topological polar surface area (TPSA) is 73.0 Å². The number of likely N-dealkylation sites (tertiary alicyclic amines) is 1.